The van der Waals surface area contributed by atoms with Crippen molar-refractivity contribution in [1.29, 1.82) is 0 Å². The van der Waals surface area contributed by atoms with E-state index in [0.29, 0.717) is 0 Å². The summed E-state index contributed by atoms with van der Waals surface area (Å²) in [6.07, 6.45) is 2.73. The number of rotatable bonds is 7. The number of aromatic nitrogens is 2. The Morgan fingerprint density at radius 3 is 2.59 bits per heavy atom. The predicted octanol–water partition coefficient (Wildman–Crippen LogP) is 6.25. The molecule has 4 aromatic rings. The van der Waals surface area contributed by atoms with Crippen LogP contribution in [0.25, 0.3) is 21.3 Å². The molecule has 1 fully saturated rings. The van der Waals surface area contributed by atoms with E-state index in [1.54, 1.807) is 17.7 Å². The molecule has 0 radical (unpaired) electrons. The van der Waals surface area contributed by atoms with Gasteiger partial charge in [-0.3, -0.25) is 4.90 Å². The van der Waals surface area contributed by atoms with Crippen LogP contribution in [0.2, 0.25) is 5.02 Å². The standard InChI is InChI=1S/C27H30ClN5S/c1-19-4-5-20(2)24(16-19)33-14-12-32(13-15-33)11-3-10-29-26-25-23(17-34-27(25)31-18-30-26)21-6-8-22(28)9-7-21/h4-9,16-18H,3,10-15H2,1-2H3,(H,29,30,31). The van der Waals surface area contributed by atoms with E-state index in [2.05, 4.69) is 74.6 Å². The summed E-state index contributed by atoms with van der Waals surface area (Å²) in [6, 6.07) is 14.7. The predicted molar refractivity (Wildman–Crippen MR) is 146 cm³/mol. The molecule has 1 aliphatic rings. The summed E-state index contributed by atoms with van der Waals surface area (Å²) in [6.45, 7) is 10.8. The van der Waals surface area contributed by atoms with Gasteiger partial charge in [0.2, 0.25) is 0 Å². The average molecular weight is 492 g/mol. The molecule has 2 aromatic carbocycles. The highest BCUT2D eigenvalue weighted by molar-refractivity contribution is 7.17. The lowest BCUT2D eigenvalue weighted by atomic mass is 10.1. The molecule has 0 aliphatic carbocycles. The topological polar surface area (TPSA) is 44.3 Å². The first-order chi connectivity index (χ1) is 16.6. The van der Waals surface area contributed by atoms with E-state index in [4.69, 9.17) is 11.6 Å². The quantitative estimate of drug-likeness (QED) is 0.309. The summed E-state index contributed by atoms with van der Waals surface area (Å²) >= 11 is 7.73. The minimum atomic E-state index is 0.743. The minimum Gasteiger partial charge on any atom is -0.369 e. The normalized spacial score (nSPS) is 14.6. The van der Waals surface area contributed by atoms with Crippen LogP contribution in [0.15, 0.2) is 54.2 Å². The van der Waals surface area contributed by atoms with Gasteiger partial charge in [0.25, 0.3) is 0 Å². The molecule has 0 unspecified atom stereocenters. The number of aryl methyl sites for hydroxylation is 2. The summed E-state index contributed by atoms with van der Waals surface area (Å²) in [4.78, 5) is 15.2. The zero-order valence-corrected chi connectivity index (χ0v) is 21.3. The number of piperazine rings is 1. The van der Waals surface area contributed by atoms with Crippen LogP contribution in [0.5, 0.6) is 0 Å². The minimum absolute atomic E-state index is 0.743. The van der Waals surface area contributed by atoms with E-state index >= 15 is 0 Å². The van der Waals surface area contributed by atoms with Crippen molar-refractivity contribution in [3.63, 3.8) is 0 Å². The molecule has 7 heteroatoms. The van der Waals surface area contributed by atoms with Gasteiger partial charge in [-0.1, -0.05) is 35.9 Å². The van der Waals surface area contributed by atoms with Gasteiger partial charge in [0.15, 0.2) is 0 Å². The van der Waals surface area contributed by atoms with E-state index < -0.39 is 0 Å². The van der Waals surface area contributed by atoms with Gasteiger partial charge >= 0.3 is 0 Å². The maximum Gasteiger partial charge on any atom is 0.138 e. The molecule has 1 N–H and O–H groups in total. The Balaban J connectivity index is 1.16. The van der Waals surface area contributed by atoms with Crippen LogP contribution in [-0.4, -0.2) is 54.1 Å². The van der Waals surface area contributed by atoms with E-state index in [1.165, 1.54) is 16.8 Å². The molecule has 3 heterocycles. The smallest absolute Gasteiger partial charge is 0.138 e. The van der Waals surface area contributed by atoms with Gasteiger partial charge in [-0.25, -0.2) is 9.97 Å². The van der Waals surface area contributed by atoms with Gasteiger partial charge in [0.05, 0.1) is 5.39 Å². The van der Waals surface area contributed by atoms with Crippen LogP contribution in [0.4, 0.5) is 11.5 Å². The highest BCUT2D eigenvalue weighted by atomic mass is 35.5. The number of halogens is 1. The number of hydrogen-bond donors (Lipinski definition) is 1. The van der Waals surface area contributed by atoms with Crippen molar-refractivity contribution in [3.8, 4) is 11.1 Å². The Hall–Kier alpha value is -2.67. The lowest BCUT2D eigenvalue weighted by Gasteiger charge is -2.37. The molecule has 34 heavy (non-hydrogen) atoms. The Morgan fingerprint density at radius 1 is 1.00 bits per heavy atom. The largest absolute Gasteiger partial charge is 0.369 e. The summed E-state index contributed by atoms with van der Waals surface area (Å²) in [7, 11) is 0. The number of thiophene rings is 1. The zero-order chi connectivity index (χ0) is 23.5. The Kier molecular flexibility index (Phi) is 6.99. The summed E-state index contributed by atoms with van der Waals surface area (Å²) in [5.41, 5.74) is 6.38. The van der Waals surface area contributed by atoms with Gasteiger partial charge < -0.3 is 10.2 Å². The molecule has 5 nitrogen and oxygen atoms in total. The first kappa shape index (κ1) is 23.1. The third kappa shape index (κ3) is 5.04. The second kappa shape index (κ2) is 10.3. The molecule has 1 aliphatic heterocycles. The summed E-state index contributed by atoms with van der Waals surface area (Å²) < 4.78 is 0. The molecular weight excluding hydrogens is 462 g/mol. The first-order valence-electron chi connectivity index (χ1n) is 11.8. The number of fused-ring (bicyclic) bond motifs is 1. The third-order valence-electron chi connectivity index (χ3n) is 6.55. The molecule has 176 valence electrons. The number of benzene rings is 2. The fraction of sp³-hybridized carbons (Fsp3) is 0.333. The van der Waals surface area contributed by atoms with Crippen molar-refractivity contribution >= 4 is 44.7 Å². The van der Waals surface area contributed by atoms with Crippen LogP contribution in [-0.2, 0) is 0 Å². The Bertz CT molecular complexity index is 1260. The Labute approximate surface area is 210 Å². The van der Waals surface area contributed by atoms with Crippen molar-refractivity contribution in [1.82, 2.24) is 14.9 Å². The van der Waals surface area contributed by atoms with Crippen molar-refractivity contribution in [2.75, 3.05) is 49.5 Å². The highest BCUT2D eigenvalue weighted by Crippen LogP contribution is 2.36. The van der Waals surface area contributed by atoms with Crippen LogP contribution < -0.4 is 10.2 Å². The summed E-state index contributed by atoms with van der Waals surface area (Å²) in [5, 5.41) is 7.57. The average Bonchev–Trinajstić information content (AvgIpc) is 3.29. The van der Waals surface area contributed by atoms with E-state index in [1.807, 2.05) is 12.1 Å². The molecule has 0 spiro atoms. The number of nitrogens with one attached hydrogen (secondary N) is 1. The fourth-order valence-corrected chi connectivity index (χ4v) is 5.67. The van der Waals surface area contributed by atoms with Gasteiger partial charge in [-0.05, 0) is 61.7 Å². The maximum absolute atomic E-state index is 6.08. The zero-order valence-electron chi connectivity index (χ0n) is 19.7. The maximum atomic E-state index is 6.08. The van der Waals surface area contributed by atoms with Gasteiger partial charge in [-0.15, -0.1) is 11.3 Å². The van der Waals surface area contributed by atoms with Crippen molar-refractivity contribution in [3.05, 3.63) is 70.3 Å². The molecule has 0 amide bonds. The summed E-state index contributed by atoms with van der Waals surface area (Å²) in [5.74, 6) is 0.913. The lowest BCUT2D eigenvalue weighted by Crippen LogP contribution is -2.47. The van der Waals surface area contributed by atoms with Crippen LogP contribution in [0.1, 0.15) is 17.5 Å². The second-order valence-electron chi connectivity index (χ2n) is 8.96. The number of nitrogens with zero attached hydrogens (tertiary/aromatic N) is 4. The van der Waals surface area contributed by atoms with E-state index in [0.717, 1.165) is 77.9 Å². The highest BCUT2D eigenvalue weighted by Gasteiger charge is 2.18. The number of anilines is 2. The third-order valence-corrected chi connectivity index (χ3v) is 7.68. The van der Waals surface area contributed by atoms with Crippen LogP contribution in [0, 0.1) is 13.8 Å². The lowest BCUT2D eigenvalue weighted by molar-refractivity contribution is 0.257. The molecule has 0 bridgehead atoms. The van der Waals surface area contributed by atoms with Crippen molar-refractivity contribution in [2.45, 2.75) is 20.3 Å². The monoisotopic (exact) mass is 491 g/mol. The Morgan fingerprint density at radius 2 is 1.79 bits per heavy atom. The van der Waals surface area contributed by atoms with Gasteiger partial charge in [-0.2, -0.15) is 0 Å². The molecule has 1 saturated heterocycles. The van der Waals surface area contributed by atoms with E-state index in [-0.39, 0.29) is 0 Å². The van der Waals surface area contributed by atoms with Crippen LogP contribution >= 0.6 is 22.9 Å². The molecule has 0 saturated carbocycles. The molecule has 2 aromatic heterocycles. The van der Waals surface area contributed by atoms with Crippen molar-refractivity contribution in [2.24, 2.45) is 0 Å². The van der Waals surface area contributed by atoms with Crippen LogP contribution in [0.3, 0.4) is 0 Å². The fourth-order valence-electron chi connectivity index (χ4n) is 4.63. The van der Waals surface area contributed by atoms with Gasteiger partial charge in [0.1, 0.15) is 17.0 Å². The van der Waals surface area contributed by atoms with Crippen molar-refractivity contribution < 1.29 is 0 Å². The van der Waals surface area contributed by atoms with E-state index in [9.17, 15) is 0 Å². The second-order valence-corrected chi connectivity index (χ2v) is 10.3. The SMILES string of the molecule is Cc1ccc(C)c(N2CCN(CCCNc3ncnc4scc(-c5ccc(Cl)cc5)c34)CC2)c1. The number of hydrogen-bond acceptors (Lipinski definition) is 6. The molecule has 5 rings (SSSR count). The molecule has 0 atom stereocenters. The molecular formula is C27H30ClN5S. The first-order valence-corrected chi connectivity index (χ1v) is 13.1. The van der Waals surface area contributed by atoms with Gasteiger partial charge in [0, 0.05) is 54.4 Å².